The molecule has 3 amide bonds. The third-order valence-corrected chi connectivity index (χ3v) is 12.4. The molecule has 4 aromatic carbocycles. The summed E-state index contributed by atoms with van der Waals surface area (Å²) in [6.07, 6.45) is 9.09. The highest BCUT2D eigenvalue weighted by molar-refractivity contribution is 7.80. The van der Waals surface area contributed by atoms with Crippen LogP contribution in [-0.2, 0) is 56.5 Å². The SMILES string of the molecule is COC1=C(OCc2cc(COCc3cc4c(cc3OC)C(=O)N3c5ccccc5C[C@H]3C=N4)cc(OCCCCC(=O)NCCS)c2)C=C2N=C[C@@H]3Cc4ccccc4N3C(=O)C2C1. The number of aliphatic imine (C=N–C) groups is 2. The summed E-state index contributed by atoms with van der Waals surface area (Å²) >= 11 is 4.16. The Balaban J connectivity index is 0.900. The van der Waals surface area contributed by atoms with E-state index in [1.807, 2.05) is 89.0 Å². The summed E-state index contributed by atoms with van der Waals surface area (Å²) in [6, 6.07) is 25.2. The van der Waals surface area contributed by atoms with Crippen LogP contribution in [0.2, 0.25) is 0 Å². The lowest BCUT2D eigenvalue weighted by molar-refractivity contribution is -0.122. The first-order valence-electron chi connectivity index (χ1n) is 21.8. The Kier molecular flexibility index (Phi) is 12.8. The molecule has 14 heteroatoms. The molecule has 1 N–H and O–H groups in total. The van der Waals surface area contributed by atoms with Crippen LogP contribution in [0.4, 0.5) is 17.1 Å². The molecule has 0 spiro atoms. The molecule has 4 heterocycles. The highest BCUT2D eigenvalue weighted by atomic mass is 32.1. The maximum atomic E-state index is 14.0. The number of hydrogen-bond acceptors (Lipinski definition) is 11. The van der Waals surface area contributed by atoms with Gasteiger partial charge in [0.05, 0.1) is 69.0 Å². The molecule has 0 saturated heterocycles. The second-order valence-corrected chi connectivity index (χ2v) is 16.8. The number of nitrogens with zero attached hydrogens (tertiary/aromatic N) is 4. The average molecular weight is 882 g/mol. The summed E-state index contributed by atoms with van der Waals surface area (Å²) in [6.45, 7) is 1.57. The number of anilines is 2. The number of rotatable bonds is 17. The molecule has 64 heavy (non-hydrogen) atoms. The molecule has 4 aromatic rings. The lowest BCUT2D eigenvalue weighted by Gasteiger charge is -2.28. The number of para-hydroxylation sites is 2. The fourth-order valence-electron chi connectivity index (χ4n) is 9.07. The highest BCUT2D eigenvalue weighted by Gasteiger charge is 2.42. The van der Waals surface area contributed by atoms with Crippen molar-refractivity contribution in [3.8, 4) is 11.5 Å². The minimum absolute atomic E-state index is 0.00148. The molecule has 13 nitrogen and oxygen atoms in total. The van der Waals surface area contributed by atoms with Crippen LogP contribution in [0.5, 0.6) is 11.5 Å². The Morgan fingerprint density at radius 2 is 1.52 bits per heavy atom. The predicted octanol–water partition coefficient (Wildman–Crippen LogP) is 7.62. The van der Waals surface area contributed by atoms with Crippen molar-refractivity contribution in [1.29, 1.82) is 0 Å². The van der Waals surface area contributed by atoms with Gasteiger partial charge < -0.3 is 33.9 Å². The van der Waals surface area contributed by atoms with Crippen molar-refractivity contribution in [2.75, 3.05) is 42.9 Å². The van der Waals surface area contributed by atoms with Crippen molar-refractivity contribution in [3.05, 3.63) is 136 Å². The summed E-state index contributed by atoms with van der Waals surface area (Å²) in [4.78, 5) is 53.4. The van der Waals surface area contributed by atoms with Crippen molar-refractivity contribution < 1.29 is 38.1 Å². The maximum Gasteiger partial charge on any atom is 0.261 e. The lowest BCUT2D eigenvalue weighted by Crippen LogP contribution is -2.41. The molecule has 0 aromatic heterocycles. The Bertz CT molecular complexity index is 2590. The maximum absolute atomic E-state index is 14.0. The molecular formula is C50H51N5O8S. The molecule has 9 rings (SSSR count). The zero-order valence-corrected chi connectivity index (χ0v) is 36.9. The molecule has 3 atom stereocenters. The van der Waals surface area contributed by atoms with E-state index in [0.29, 0.717) is 91.0 Å². The van der Waals surface area contributed by atoms with Crippen molar-refractivity contribution in [2.45, 2.75) is 70.4 Å². The number of fused-ring (bicyclic) bond motifs is 8. The van der Waals surface area contributed by atoms with Crippen LogP contribution < -0.4 is 24.6 Å². The van der Waals surface area contributed by atoms with Crippen LogP contribution in [-0.4, -0.2) is 75.4 Å². The minimum atomic E-state index is -0.496. The smallest absolute Gasteiger partial charge is 0.261 e. The van der Waals surface area contributed by atoms with Gasteiger partial charge in [0.15, 0.2) is 5.76 Å². The van der Waals surface area contributed by atoms with Crippen LogP contribution in [0, 0.1) is 5.92 Å². The van der Waals surface area contributed by atoms with E-state index in [9.17, 15) is 14.4 Å². The molecular weight excluding hydrogens is 831 g/mol. The predicted molar refractivity (Wildman–Crippen MR) is 248 cm³/mol. The molecule has 0 fully saturated rings. The molecule has 5 aliphatic rings. The van der Waals surface area contributed by atoms with E-state index in [4.69, 9.17) is 33.7 Å². The number of carbonyl (C=O) groups is 3. The van der Waals surface area contributed by atoms with Crippen molar-refractivity contribution in [2.24, 2.45) is 15.9 Å². The second-order valence-electron chi connectivity index (χ2n) is 16.4. The van der Waals surface area contributed by atoms with Gasteiger partial charge in [-0.05, 0) is 77.6 Å². The van der Waals surface area contributed by atoms with E-state index in [-0.39, 0.29) is 49.6 Å². The summed E-state index contributed by atoms with van der Waals surface area (Å²) in [5.74, 6) is 2.25. The molecule has 1 aliphatic carbocycles. The second kappa shape index (κ2) is 19.2. The van der Waals surface area contributed by atoms with E-state index in [1.165, 1.54) is 0 Å². The molecule has 1 unspecified atom stereocenters. The first-order chi connectivity index (χ1) is 31.3. The van der Waals surface area contributed by atoms with Crippen molar-refractivity contribution >= 4 is 59.8 Å². The monoisotopic (exact) mass is 881 g/mol. The normalized spacial score (nSPS) is 19.1. The number of ether oxygens (including phenoxy) is 5. The first-order valence-corrected chi connectivity index (χ1v) is 22.4. The number of thiol groups is 1. The summed E-state index contributed by atoms with van der Waals surface area (Å²) in [5.41, 5.74) is 8.24. The largest absolute Gasteiger partial charge is 0.497 e. The van der Waals surface area contributed by atoms with Gasteiger partial charge in [-0.1, -0.05) is 36.4 Å². The summed E-state index contributed by atoms with van der Waals surface area (Å²) < 4.78 is 30.7. The van der Waals surface area contributed by atoms with Crippen molar-refractivity contribution in [3.63, 3.8) is 0 Å². The summed E-state index contributed by atoms with van der Waals surface area (Å²) in [5, 5.41) is 2.85. The van der Waals surface area contributed by atoms with Crippen LogP contribution in [0.3, 0.4) is 0 Å². The van der Waals surface area contributed by atoms with Crippen LogP contribution in [0.25, 0.3) is 0 Å². The van der Waals surface area contributed by atoms with Gasteiger partial charge in [-0.3, -0.25) is 29.3 Å². The molecule has 0 bridgehead atoms. The zero-order chi connectivity index (χ0) is 44.2. The number of methoxy groups -OCH3 is 2. The number of benzene rings is 4. The summed E-state index contributed by atoms with van der Waals surface area (Å²) in [7, 11) is 3.18. The van der Waals surface area contributed by atoms with Gasteiger partial charge in [0.1, 0.15) is 23.9 Å². The Morgan fingerprint density at radius 3 is 2.27 bits per heavy atom. The quantitative estimate of drug-likeness (QED) is 0.0816. The first kappa shape index (κ1) is 42.9. The third-order valence-electron chi connectivity index (χ3n) is 12.2. The molecule has 4 aliphatic heterocycles. The van der Waals surface area contributed by atoms with Gasteiger partial charge in [0, 0.05) is 73.4 Å². The molecule has 0 radical (unpaired) electrons. The van der Waals surface area contributed by atoms with Gasteiger partial charge in [0.2, 0.25) is 11.8 Å². The van der Waals surface area contributed by atoms with E-state index >= 15 is 0 Å². The van der Waals surface area contributed by atoms with Crippen LogP contribution in [0.15, 0.2) is 112 Å². The Hall–Kier alpha value is -6.38. The fraction of sp³-hybridized carbons (Fsp3) is 0.340. The van der Waals surface area contributed by atoms with Gasteiger partial charge in [-0.2, -0.15) is 12.6 Å². The number of carbonyl (C=O) groups excluding carboxylic acids is 3. The standard InChI is InChI=1S/C50H51N5O8S/c1-59-45-23-39-41(52-26-36-20-33-9-3-5-11-43(33)54(36)49(39)57)22-35(45)30-61-28-31-17-32(19-38(18-31)62-15-8-7-13-48(56)51-14-16-64)29-63-47-25-42-40(24-46(47)60-2)50(58)55-37(27-53-42)21-34-10-4-6-12-44(34)55/h3-6,9-12,17-19,22-23,25-27,36-37,40,64H,7-8,13-16,20-21,24,28-30H2,1-2H3,(H,51,56)/t36-,37-,40?/m0/s1. The number of allylic oxidation sites excluding steroid dienone is 2. The van der Waals surface area contributed by atoms with Gasteiger partial charge in [0.25, 0.3) is 5.91 Å². The highest BCUT2D eigenvalue weighted by Crippen LogP contribution is 2.41. The van der Waals surface area contributed by atoms with E-state index in [1.54, 1.807) is 20.3 Å². The van der Waals surface area contributed by atoms with Gasteiger partial charge in [-0.25, -0.2) is 0 Å². The number of nitrogens with one attached hydrogen (secondary N) is 1. The van der Waals surface area contributed by atoms with E-state index in [0.717, 1.165) is 45.6 Å². The fourth-order valence-corrected chi connectivity index (χ4v) is 9.18. The minimum Gasteiger partial charge on any atom is -0.497 e. The number of amides is 3. The van der Waals surface area contributed by atoms with Gasteiger partial charge in [-0.15, -0.1) is 0 Å². The lowest BCUT2D eigenvalue weighted by atomic mass is 9.93. The zero-order valence-electron chi connectivity index (χ0n) is 36.0. The molecule has 0 saturated carbocycles. The Labute approximate surface area is 378 Å². The molecule has 330 valence electrons. The number of unbranched alkanes of at least 4 members (excludes halogenated alkanes) is 1. The van der Waals surface area contributed by atoms with E-state index in [2.05, 4.69) is 30.1 Å². The third kappa shape index (κ3) is 8.89. The topological polar surface area (TPSA) is 141 Å². The van der Waals surface area contributed by atoms with Crippen LogP contribution >= 0.6 is 12.6 Å². The Morgan fingerprint density at radius 1 is 0.797 bits per heavy atom. The van der Waals surface area contributed by atoms with Gasteiger partial charge >= 0.3 is 0 Å². The average Bonchev–Trinajstić information content (AvgIpc) is 3.81. The van der Waals surface area contributed by atoms with E-state index < -0.39 is 5.92 Å². The van der Waals surface area contributed by atoms with Crippen LogP contribution in [0.1, 0.15) is 63.9 Å². The number of hydrogen-bond donors (Lipinski definition) is 2. The van der Waals surface area contributed by atoms with Crippen molar-refractivity contribution in [1.82, 2.24) is 5.32 Å².